The second kappa shape index (κ2) is 5.68. The Balaban J connectivity index is 1.94. The van der Waals surface area contributed by atoms with E-state index >= 15 is 0 Å². The van der Waals surface area contributed by atoms with Gasteiger partial charge in [-0.2, -0.15) is 0 Å². The first-order valence-electron chi connectivity index (χ1n) is 5.28. The van der Waals surface area contributed by atoms with Crippen LogP contribution in [0.4, 0.5) is 0 Å². The molecular formula is C13H15NOS. The van der Waals surface area contributed by atoms with Gasteiger partial charge in [0.05, 0.1) is 6.04 Å². The molecule has 0 aliphatic carbocycles. The maximum atomic E-state index is 5.73. The average molecular weight is 233 g/mol. The molecule has 84 valence electrons. The highest BCUT2D eigenvalue weighted by Gasteiger charge is 2.10. The summed E-state index contributed by atoms with van der Waals surface area (Å²) in [7, 11) is 1.96. The van der Waals surface area contributed by atoms with Gasteiger partial charge >= 0.3 is 0 Å². The van der Waals surface area contributed by atoms with Crippen molar-refractivity contribution in [2.75, 3.05) is 13.7 Å². The van der Waals surface area contributed by atoms with E-state index in [4.69, 9.17) is 4.74 Å². The molecule has 0 aliphatic rings. The predicted octanol–water partition coefficient (Wildman–Crippen LogP) is 3.09. The number of nitrogens with one attached hydrogen (secondary N) is 1. The summed E-state index contributed by atoms with van der Waals surface area (Å²) in [6.07, 6.45) is 0. The van der Waals surface area contributed by atoms with Crippen molar-refractivity contribution in [3.05, 3.63) is 52.7 Å². The quantitative estimate of drug-likeness (QED) is 0.857. The molecule has 2 nitrogen and oxygen atoms in total. The van der Waals surface area contributed by atoms with Crippen LogP contribution >= 0.6 is 11.3 Å². The zero-order valence-electron chi connectivity index (χ0n) is 9.22. The zero-order valence-corrected chi connectivity index (χ0v) is 10.0. The largest absolute Gasteiger partial charge is 0.492 e. The van der Waals surface area contributed by atoms with Gasteiger partial charge in [0.1, 0.15) is 12.4 Å². The van der Waals surface area contributed by atoms with Gasteiger partial charge < -0.3 is 10.1 Å². The van der Waals surface area contributed by atoms with Crippen LogP contribution in [0, 0.1) is 0 Å². The van der Waals surface area contributed by atoms with Crippen molar-refractivity contribution in [3.63, 3.8) is 0 Å². The molecule has 0 fully saturated rings. The summed E-state index contributed by atoms with van der Waals surface area (Å²) in [4.78, 5) is 1.30. The van der Waals surface area contributed by atoms with Gasteiger partial charge in [-0.3, -0.25) is 0 Å². The first-order valence-corrected chi connectivity index (χ1v) is 6.16. The van der Waals surface area contributed by atoms with Crippen LogP contribution in [0.1, 0.15) is 10.9 Å². The Morgan fingerprint density at radius 2 is 2.00 bits per heavy atom. The van der Waals surface area contributed by atoms with Crippen molar-refractivity contribution in [3.8, 4) is 5.75 Å². The molecule has 1 heterocycles. The fourth-order valence-corrected chi connectivity index (χ4v) is 2.32. The summed E-state index contributed by atoms with van der Waals surface area (Å²) in [6, 6.07) is 14.3. The number of benzene rings is 1. The summed E-state index contributed by atoms with van der Waals surface area (Å²) in [5.74, 6) is 0.916. The molecule has 1 unspecified atom stereocenters. The van der Waals surface area contributed by atoms with E-state index in [-0.39, 0.29) is 6.04 Å². The van der Waals surface area contributed by atoms with Crippen molar-refractivity contribution in [1.82, 2.24) is 5.32 Å². The molecule has 0 spiro atoms. The summed E-state index contributed by atoms with van der Waals surface area (Å²) in [5.41, 5.74) is 0. The van der Waals surface area contributed by atoms with E-state index in [9.17, 15) is 0 Å². The molecule has 2 aromatic rings. The topological polar surface area (TPSA) is 21.3 Å². The number of ether oxygens (including phenoxy) is 1. The zero-order chi connectivity index (χ0) is 11.2. The minimum atomic E-state index is 0.264. The summed E-state index contributed by atoms with van der Waals surface area (Å²) in [5, 5.41) is 5.35. The Morgan fingerprint density at radius 3 is 2.62 bits per heavy atom. The normalized spacial score (nSPS) is 12.3. The third-order valence-electron chi connectivity index (χ3n) is 2.39. The fourth-order valence-electron chi connectivity index (χ4n) is 1.49. The average Bonchev–Trinajstić information content (AvgIpc) is 2.85. The minimum Gasteiger partial charge on any atom is -0.492 e. The van der Waals surface area contributed by atoms with Gasteiger partial charge in [-0.15, -0.1) is 11.3 Å². The molecule has 0 amide bonds. The number of hydrogen-bond acceptors (Lipinski definition) is 3. The lowest BCUT2D eigenvalue weighted by molar-refractivity contribution is 0.275. The van der Waals surface area contributed by atoms with Crippen LogP contribution in [0.25, 0.3) is 0 Å². The summed E-state index contributed by atoms with van der Waals surface area (Å²) < 4.78 is 5.73. The monoisotopic (exact) mass is 233 g/mol. The molecule has 0 saturated heterocycles. The number of hydrogen-bond donors (Lipinski definition) is 1. The van der Waals surface area contributed by atoms with Gasteiger partial charge in [-0.05, 0) is 30.6 Å². The molecule has 0 radical (unpaired) electrons. The molecule has 0 bridgehead atoms. The molecule has 1 aromatic heterocycles. The van der Waals surface area contributed by atoms with Crippen molar-refractivity contribution in [2.24, 2.45) is 0 Å². The van der Waals surface area contributed by atoms with Gasteiger partial charge in [0.2, 0.25) is 0 Å². The highest BCUT2D eigenvalue weighted by atomic mass is 32.1. The molecule has 0 saturated carbocycles. The van der Waals surface area contributed by atoms with Gasteiger partial charge in [-0.25, -0.2) is 0 Å². The molecule has 1 N–H and O–H groups in total. The van der Waals surface area contributed by atoms with Crippen LogP contribution in [0.5, 0.6) is 5.75 Å². The molecular weight excluding hydrogens is 218 g/mol. The van der Waals surface area contributed by atoms with Gasteiger partial charge in [-0.1, -0.05) is 24.3 Å². The first-order chi connectivity index (χ1) is 7.90. The summed E-state index contributed by atoms with van der Waals surface area (Å²) in [6.45, 7) is 0.654. The smallest absolute Gasteiger partial charge is 0.119 e. The lowest BCUT2D eigenvalue weighted by Gasteiger charge is -2.15. The SMILES string of the molecule is CNC(COc1ccccc1)c1cccs1. The van der Waals surface area contributed by atoms with E-state index in [1.807, 2.05) is 37.4 Å². The minimum absolute atomic E-state index is 0.264. The predicted molar refractivity (Wildman–Crippen MR) is 68.1 cm³/mol. The van der Waals surface area contributed by atoms with Crippen molar-refractivity contribution < 1.29 is 4.74 Å². The van der Waals surface area contributed by atoms with Crippen LogP contribution in [-0.4, -0.2) is 13.7 Å². The Hall–Kier alpha value is -1.32. The Morgan fingerprint density at radius 1 is 1.19 bits per heavy atom. The van der Waals surface area contributed by atoms with Gasteiger partial charge in [0.25, 0.3) is 0 Å². The highest BCUT2D eigenvalue weighted by Crippen LogP contribution is 2.20. The van der Waals surface area contributed by atoms with E-state index in [1.54, 1.807) is 11.3 Å². The van der Waals surface area contributed by atoms with E-state index in [0.29, 0.717) is 6.61 Å². The van der Waals surface area contributed by atoms with Crippen LogP contribution in [0.2, 0.25) is 0 Å². The lowest BCUT2D eigenvalue weighted by atomic mass is 10.2. The maximum absolute atomic E-state index is 5.73. The third kappa shape index (κ3) is 2.84. The second-order valence-corrected chi connectivity index (χ2v) is 4.46. The standard InChI is InChI=1S/C13H15NOS/c1-14-12(13-8-5-9-16-13)10-15-11-6-3-2-4-7-11/h2-9,12,14H,10H2,1H3. The molecule has 1 aromatic carbocycles. The van der Waals surface area contributed by atoms with E-state index in [2.05, 4.69) is 22.8 Å². The van der Waals surface area contributed by atoms with Crippen LogP contribution in [0.3, 0.4) is 0 Å². The number of rotatable bonds is 5. The Kier molecular flexibility index (Phi) is 3.97. The van der Waals surface area contributed by atoms with E-state index in [0.717, 1.165) is 5.75 Å². The highest BCUT2D eigenvalue weighted by molar-refractivity contribution is 7.10. The Bertz CT molecular complexity index is 399. The number of thiophene rings is 1. The first kappa shape index (κ1) is 11.2. The number of para-hydroxylation sites is 1. The number of likely N-dealkylation sites (N-methyl/N-ethyl adjacent to an activating group) is 1. The molecule has 16 heavy (non-hydrogen) atoms. The molecule has 0 aliphatic heterocycles. The molecule has 3 heteroatoms. The molecule has 1 atom stereocenters. The fraction of sp³-hybridized carbons (Fsp3) is 0.231. The van der Waals surface area contributed by atoms with Crippen molar-refractivity contribution >= 4 is 11.3 Å². The van der Waals surface area contributed by atoms with Crippen LogP contribution < -0.4 is 10.1 Å². The van der Waals surface area contributed by atoms with E-state index < -0.39 is 0 Å². The second-order valence-electron chi connectivity index (χ2n) is 3.48. The maximum Gasteiger partial charge on any atom is 0.119 e. The summed E-state index contributed by atoms with van der Waals surface area (Å²) >= 11 is 1.75. The van der Waals surface area contributed by atoms with Crippen LogP contribution in [-0.2, 0) is 0 Å². The molecule has 2 rings (SSSR count). The van der Waals surface area contributed by atoms with E-state index in [1.165, 1.54) is 4.88 Å². The van der Waals surface area contributed by atoms with Gasteiger partial charge in [0, 0.05) is 4.88 Å². The van der Waals surface area contributed by atoms with Crippen LogP contribution in [0.15, 0.2) is 47.8 Å². The Labute approximate surface area is 99.9 Å². The van der Waals surface area contributed by atoms with Gasteiger partial charge in [0.15, 0.2) is 0 Å². The van der Waals surface area contributed by atoms with Crippen molar-refractivity contribution in [1.29, 1.82) is 0 Å². The lowest BCUT2D eigenvalue weighted by Crippen LogP contribution is -2.22. The van der Waals surface area contributed by atoms with Crippen molar-refractivity contribution in [2.45, 2.75) is 6.04 Å². The third-order valence-corrected chi connectivity index (χ3v) is 3.38.